The van der Waals surface area contributed by atoms with E-state index in [-0.39, 0.29) is 18.6 Å². The number of carbonyl (C=O) groups excluding carboxylic acids is 1. The molecule has 6 heteroatoms. The van der Waals surface area contributed by atoms with Crippen LogP contribution in [0.3, 0.4) is 0 Å². The fourth-order valence-corrected chi connectivity index (χ4v) is 2.68. The van der Waals surface area contributed by atoms with Crippen LogP contribution < -0.4 is 10.2 Å². The maximum atomic E-state index is 12.4. The number of anilines is 1. The molecule has 3 aromatic rings. The number of nitrogens with one attached hydrogen (secondary N) is 2. The van der Waals surface area contributed by atoms with Gasteiger partial charge in [0, 0.05) is 30.9 Å². The van der Waals surface area contributed by atoms with Crippen molar-refractivity contribution in [1.29, 1.82) is 0 Å². The number of para-hydroxylation sites is 1. The van der Waals surface area contributed by atoms with Crippen LogP contribution in [0.5, 0.6) is 0 Å². The van der Waals surface area contributed by atoms with Gasteiger partial charge in [-0.1, -0.05) is 18.2 Å². The van der Waals surface area contributed by atoms with E-state index in [1.54, 1.807) is 18.2 Å². The minimum Gasteiger partial charge on any atom is -0.388 e. The molecule has 0 saturated heterocycles. The van der Waals surface area contributed by atoms with E-state index in [2.05, 4.69) is 27.1 Å². The first kappa shape index (κ1) is 17.0. The summed E-state index contributed by atoms with van der Waals surface area (Å²) < 4.78 is 0. The van der Waals surface area contributed by atoms with Crippen molar-refractivity contribution in [3.63, 3.8) is 0 Å². The van der Waals surface area contributed by atoms with E-state index in [4.69, 9.17) is 5.11 Å². The predicted molar refractivity (Wildman–Crippen MR) is 98.7 cm³/mol. The molecule has 1 amide bonds. The summed E-state index contributed by atoms with van der Waals surface area (Å²) in [5.74, 6) is 0.362. The minimum absolute atomic E-state index is 0.129. The predicted octanol–water partition coefficient (Wildman–Crippen LogP) is 2.31. The Hall–Kier alpha value is -2.86. The SMILES string of the molecule is C[C@H](CNC(=O)c1ccc2nc(CO)[nH]c2c1)N(C)c1ccccc1. The van der Waals surface area contributed by atoms with Crippen LogP contribution in [0.25, 0.3) is 11.0 Å². The molecule has 1 atom stereocenters. The van der Waals surface area contributed by atoms with Gasteiger partial charge in [0.15, 0.2) is 0 Å². The Morgan fingerprint density at radius 2 is 2.04 bits per heavy atom. The number of rotatable bonds is 6. The molecule has 3 N–H and O–H groups in total. The standard InChI is InChI=1S/C19H22N4O2/c1-13(23(2)15-6-4-3-5-7-15)11-20-19(25)14-8-9-16-17(10-14)22-18(12-24)21-16/h3-10,13,24H,11-12H2,1-2H3,(H,20,25)(H,21,22)/t13-/m1/s1. The number of aliphatic hydroxyl groups excluding tert-OH is 1. The second kappa shape index (κ2) is 7.36. The lowest BCUT2D eigenvalue weighted by Crippen LogP contribution is -2.40. The molecule has 3 rings (SSSR count). The van der Waals surface area contributed by atoms with Gasteiger partial charge in [-0.2, -0.15) is 0 Å². The number of imidazole rings is 1. The van der Waals surface area contributed by atoms with Crippen molar-refractivity contribution in [3.05, 3.63) is 59.9 Å². The van der Waals surface area contributed by atoms with Crippen LogP contribution in [0.2, 0.25) is 0 Å². The van der Waals surface area contributed by atoms with Crippen molar-refractivity contribution < 1.29 is 9.90 Å². The molecule has 25 heavy (non-hydrogen) atoms. The van der Waals surface area contributed by atoms with E-state index < -0.39 is 0 Å². The molecule has 0 spiro atoms. The van der Waals surface area contributed by atoms with Crippen molar-refractivity contribution >= 4 is 22.6 Å². The van der Waals surface area contributed by atoms with Crippen LogP contribution >= 0.6 is 0 Å². The third-order valence-corrected chi connectivity index (χ3v) is 4.33. The van der Waals surface area contributed by atoms with E-state index in [1.165, 1.54) is 0 Å². The van der Waals surface area contributed by atoms with Crippen molar-refractivity contribution in [2.75, 3.05) is 18.5 Å². The number of amides is 1. The van der Waals surface area contributed by atoms with Gasteiger partial charge in [-0.05, 0) is 37.3 Å². The van der Waals surface area contributed by atoms with E-state index in [9.17, 15) is 4.79 Å². The molecule has 0 saturated carbocycles. The number of fused-ring (bicyclic) bond motifs is 1. The second-order valence-corrected chi connectivity index (χ2v) is 6.08. The number of H-pyrrole nitrogens is 1. The minimum atomic E-state index is -0.153. The van der Waals surface area contributed by atoms with Crippen molar-refractivity contribution in [2.45, 2.75) is 19.6 Å². The lowest BCUT2D eigenvalue weighted by molar-refractivity contribution is 0.0952. The first-order valence-corrected chi connectivity index (χ1v) is 8.24. The average molecular weight is 338 g/mol. The van der Waals surface area contributed by atoms with Gasteiger partial charge >= 0.3 is 0 Å². The lowest BCUT2D eigenvalue weighted by atomic mass is 10.1. The molecule has 6 nitrogen and oxygen atoms in total. The summed E-state index contributed by atoms with van der Waals surface area (Å²) in [5.41, 5.74) is 3.15. The Bertz CT molecular complexity index is 860. The van der Waals surface area contributed by atoms with Crippen LogP contribution in [0, 0.1) is 0 Å². The number of carbonyl (C=O) groups is 1. The van der Waals surface area contributed by atoms with Gasteiger partial charge in [-0.3, -0.25) is 4.79 Å². The largest absolute Gasteiger partial charge is 0.388 e. The fourth-order valence-electron chi connectivity index (χ4n) is 2.68. The summed E-state index contributed by atoms with van der Waals surface area (Å²) in [6.07, 6.45) is 0. The second-order valence-electron chi connectivity index (χ2n) is 6.08. The smallest absolute Gasteiger partial charge is 0.251 e. The van der Waals surface area contributed by atoms with Crippen LogP contribution in [0.1, 0.15) is 23.1 Å². The fraction of sp³-hybridized carbons (Fsp3) is 0.263. The quantitative estimate of drug-likeness (QED) is 0.644. The Kier molecular flexibility index (Phi) is 5.00. The van der Waals surface area contributed by atoms with E-state index in [1.807, 2.05) is 37.4 Å². The molecule has 0 unspecified atom stereocenters. The van der Waals surface area contributed by atoms with Crippen LogP contribution in [-0.4, -0.2) is 40.6 Å². The van der Waals surface area contributed by atoms with Gasteiger partial charge in [0.25, 0.3) is 5.91 Å². The number of aliphatic hydroxyl groups is 1. The Labute approximate surface area is 146 Å². The zero-order chi connectivity index (χ0) is 17.8. The molecule has 1 heterocycles. The molecule has 0 aliphatic rings. The molecule has 0 bridgehead atoms. The average Bonchev–Trinajstić information content (AvgIpc) is 3.08. The molecule has 0 fully saturated rings. The summed E-state index contributed by atoms with van der Waals surface area (Å²) in [5, 5.41) is 12.1. The van der Waals surface area contributed by atoms with Gasteiger partial charge in [0.2, 0.25) is 0 Å². The Morgan fingerprint density at radius 3 is 2.76 bits per heavy atom. The molecular weight excluding hydrogens is 316 g/mol. The summed E-state index contributed by atoms with van der Waals surface area (Å²) >= 11 is 0. The maximum Gasteiger partial charge on any atom is 0.251 e. The van der Waals surface area contributed by atoms with E-state index in [0.717, 1.165) is 16.7 Å². The highest BCUT2D eigenvalue weighted by Crippen LogP contribution is 2.15. The summed E-state index contributed by atoms with van der Waals surface area (Å²) in [6.45, 7) is 2.45. The molecule has 130 valence electrons. The van der Waals surface area contributed by atoms with Crippen LogP contribution in [0.4, 0.5) is 5.69 Å². The zero-order valence-corrected chi connectivity index (χ0v) is 14.4. The van der Waals surface area contributed by atoms with E-state index >= 15 is 0 Å². The zero-order valence-electron chi connectivity index (χ0n) is 14.4. The summed E-state index contributed by atoms with van der Waals surface area (Å²) in [7, 11) is 2.01. The molecule has 2 aromatic carbocycles. The van der Waals surface area contributed by atoms with Gasteiger partial charge in [-0.15, -0.1) is 0 Å². The Morgan fingerprint density at radius 1 is 1.28 bits per heavy atom. The Balaban J connectivity index is 1.64. The maximum absolute atomic E-state index is 12.4. The number of likely N-dealkylation sites (N-methyl/N-ethyl adjacent to an activating group) is 1. The first-order valence-electron chi connectivity index (χ1n) is 8.24. The van der Waals surface area contributed by atoms with Gasteiger partial charge < -0.3 is 20.3 Å². The van der Waals surface area contributed by atoms with E-state index in [0.29, 0.717) is 17.9 Å². The first-order chi connectivity index (χ1) is 12.1. The van der Waals surface area contributed by atoms with Crippen LogP contribution in [0.15, 0.2) is 48.5 Å². The summed E-state index contributed by atoms with van der Waals surface area (Å²) in [4.78, 5) is 21.8. The number of nitrogens with zero attached hydrogens (tertiary/aromatic N) is 2. The molecule has 1 aromatic heterocycles. The van der Waals surface area contributed by atoms with Crippen molar-refractivity contribution in [2.24, 2.45) is 0 Å². The molecule has 0 aliphatic heterocycles. The third kappa shape index (κ3) is 3.80. The van der Waals surface area contributed by atoms with Crippen molar-refractivity contribution in [1.82, 2.24) is 15.3 Å². The number of aromatic amines is 1. The highest BCUT2D eigenvalue weighted by atomic mass is 16.3. The molecular formula is C19H22N4O2. The normalized spacial score (nSPS) is 12.1. The highest BCUT2D eigenvalue weighted by Gasteiger charge is 2.13. The monoisotopic (exact) mass is 338 g/mol. The molecule has 0 aliphatic carbocycles. The third-order valence-electron chi connectivity index (χ3n) is 4.33. The number of benzene rings is 2. The lowest BCUT2D eigenvalue weighted by Gasteiger charge is -2.27. The topological polar surface area (TPSA) is 81.2 Å². The van der Waals surface area contributed by atoms with Gasteiger partial charge in [0.1, 0.15) is 12.4 Å². The number of hydrogen-bond donors (Lipinski definition) is 3. The summed E-state index contributed by atoms with van der Waals surface area (Å²) in [6, 6.07) is 15.5. The number of hydrogen-bond acceptors (Lipinski definition) is 4. The van der Waals surface area contributed by atoms with Crippen LogP contribution in [-0.2, 0) is 6.61 Å². The molecule has 0 radical (unpaired) electrons. The van der Waals surface area contributed by atoms with Gasteiger partial charge in [-0.25, -0.2) is 4.98 Å². The highest BCUT2D eigenvalue weighted by molar-refractivity contribution is 5.97. The van der Waals surface area contributed by atoms with Crippen molar-refractivity contribution in [3.8, 4) is 0 Å². The number of aromatic nitrogens is 2. The van der Waals surface area contributed by atoms with Gasteiger partial charge in [0.05, 0.1) is 11.0 Å².